The van der Waals surface area contributed by atoms with Crippen LogP contribution in [0.5, 0.6) is 0 Å². The molecule has 0 aliphatic heterocycles. The number of allylic oxidation sites excluding steroid dienone is 2. The first-order valence-corrected chi connectivity index (χ1v) is 5.42. The summed E-state index contributed by atoms with van der Waals surface area (Å²) < 4.78 is 0. The van der Waals surface area contributed by atoms with Crippen LogP contribution in [0.2, 0.25) is 0 Å². The van der Waals surface area contributed by atoms with Crippen LogP contribution >= 0.6 is 0 Å². The number of aliphatic hydroxyl groups is 1. The molecule has 1 unspecified atom stereocenters. The highest BCUT2D eigenvalue weighted by Gasteiger charge is 2.04. The van der Waals surface area contributed by atoms with Crippen LogP contribution in [0, 0.1) is 0 Å². The largest absolute Gasteiger partial charge is 0.392 e. The fraction of sp³-hybridized carbons (Fsp3) is 0.667. The van der Waals surface area contributed by atoms with E-state index in [-0.39, 0.29) is 12.6 Å². The standard InChI is InChI=1S/C12H21NO/c1-10-3-2-4-11(9-14)6-8-12(13)7-5-10/h3,6,12,14H,2,4-5,7-9,13H2,1H3/b10-3+,11-6-. The minimum atomic E-state index is 0.180. The topological polar surface area (TPSA) is 46.2 Å². The van der Waals surface area contributed by atoms with Gasteiger partial charge in [-0.1, -0.05) is 17.7 Å². The molecule has 0 fully saturated rings. The van der Waals surface area contributed by atoms with E-state index in [2.05, 4.69) is 19.1 Å². The van der Waals surface area contributed by atoms with Gasteiger partial charge in [-0.25, -0.2) is 0 Å². The average Bonchev–Trinajstić information content (AvgIpc) is 2.19. The molecular formula is C12H21NO. The molecule has 80 valence electrons. The van der Waals surface area contributed by atoms with Crippen LogP contribution in [0.15, 0.2) is 23.3 Å². The van der Waals surface area contributed by atoms with E-state index in [1.807, 2.05) is 0 Å². The van der Waals surface area contributed by atoms with Gasteiger partial charge in [0.1, 0.15) is 0 Å². The number of nitrogens with two attached hydrogens (primary N) is 1. The molecule has 0 amide bonds. The Labute approximate surface area is 86.5 Å². The van der Waals surface area contributed by atoms with Crippen LogP contribution in [0.4, 0.5) is 0 Å². The predicted octanol–water partition coefficient (Wildman–Crippen LogP) is 2.14. The highest BCUT2D eigenvalue weighted by Crippen LogP contribution is 2.15. The molecule has 3 N–H and O–H groups in total. The van der Waals surface area contributed by atoms with Crippen molar-refractivity contribution < 1.29 is 5.11 Å². The summed E-state index contributed by atoms with van der Waals surface area (Å²) in [6.07, 6.45) is 9.47. The Balaban J connectivity index is 2.60. The van der Waals surface area contributed by atoms with Gasteiger partial charge in [0.2, 0.25) is 0 Å². The molecule has 0 radical (unpaired) electrons. The molecule has 1 aliphatic rings. The van der Waals surface area contributed by atoms with Crippen molar-refractivity contribution in [1.82, 2.24) is 0 Å². The summed E-state index contributed by atoms with van der Waals surface area (Å²) in [5, 5.41) is 9.09. The molecule has 2 heteroatoms. The lowest BCUT2D eigenvalue weighted by molar-refractivity contribution is 0.326. The Morgan fingerprint density at radius 1 is 1.43 bits per heavy atom. The van der Waals surface area contributed by atoms with Gasteiger partial charge in [0.15, 0.2) is 0 Å². The summed E-state index contributed by atoms with van der Waals surface area (Å²) in [4.78, 5) is 0. The Bertz CT molecular complexity index is 230. The number of hydrogen-bond donors (Lipinski definition) is 2. The van der Waals surface area contributed by atoms with E-state index in [1.54, 1.807) is 0 Å². The molecule has 1 aliphatic carbocycles. The van der Waals surface area contributed by atoms with Gasteiger partial charge in [0, 0.05) is 6.04 Å². The Morgan fingerprint density at radius 2 is 2.21 bits per heavy atom. The second-order valence-electron chi connectivity index (χ2n) is 4.14. The number of aliphatic hydroxyl groups excluding tert-OH is 1. The molecule has 2 nitrogen and oxygen atoms in total. The highest BCUT2D eigenvalue weighted by atomic mass is 16.3. The van der Waals surface area contributed by atoms with Crippen LogP contribution in [0.1, 0.15) is 39.0 Å². The second kappa shape index (κ2) is 5.99. The first-order valence-electron chi connectivity index (χ1n) is 5.42. The normalized spacial score (nSPS) is 32.6. The first-order chi connectivity index (χ1) is 6.72. The quantitative estimate of drug-likeness (QED) is 0.630. The molecule has 14 heavy (non-hydrogen) atoms. The number of rotatable bonds is 1. The Kier molecular flexibility index (Phi) is 4.91. The maximum absolute atomic E-state index is 9.09. The summed E-state index contributed by atoms with van der Waals surface area (Å²) in [6, 6.07) is 0.248. The van der Waals surface area contributed by atoms with Gasteiger partial charge in [-0.05, 0) is 44.6 Å². The monoisotopic (exact) mass is 195 g/mol. The Hall–Kier alpha value is -0.600. The zero-order valence-corrected chi connectivity index (χ0v) is 9.00. The van der Waals surface area contributed by atoms with E-state index in [4.69, 9.17) is 10.8 Å². The van der Waals surface area contributed by atoms with Crippen molar-refractivity contribution in [2.75, 3.05) is 6.61 Å². The third-order valence-corrected chi connectivity index (χ3v) is 2.78. The van der Waals surface area contributed by atoms with Gasteiger partial charge in [-0.15, -0.1) is 0 Å². The van der Waals surface area contributed by atoms with Crippen LogP contribution in [0.3, 0.4) is 0 Å². The van der Waals surface area contributed by atoms with Crippen molar-refractivity contribution >= 4 is 0 Å². The van der Waals surface area contributed by atoms with E-state index < -0.39 is 0 Å². The van der Waals surface area contributed by atoms with Crippen LogP contribution < -0.4 is 5.73 Å². The van der Waals surface area contributed by atoms with Gasteiger partial charge in [0.25, 0.3) is 0 Å². The lowest BCUT2D eigenvalue weighted by Crippen LogP contribution is -2.19. The molecule has 0 heterocycles. The van der Waals surface area contributed by atoms with Crippen molar-refractivity contribution in [1.29, 1.82) is 0 Å². The predicted molar refractivity (Wildman–Crippen MR) is 60.0 cm³/mol. The maximum Gasteiger partial charge on any atom is 0.0641 e. The van der Waals surface area contributed by atoms with Crippen LogP contribution in [0.25, 0.3) is 0 Å². The minimum absolute atomic E-state index is 0.180. The van der Waals surface area contributed by atoms with Gasteiger partial charge in [-0.2, -0.15) is 0 Å². The molecule has 0 saturated carbocycles. The Morgan fingerprint density at radius 3 is 2.93 bits per heavy atom. The van der Waals surface area contributed by atoms with E-state index in [0.29, 0.717) is 0 Å². The lowest BCUT2D eigenvalue weighted by Gasteiger charge is -2.12. The SMILES string of the molecule is C/C1=C\CC/C(CO)=C/CC(N)CC1. The minimum Gasteiger partial charge on any atom is -0.392 e. The molecule has 0 spiro atoms. The van der Waals surface area contributed by atoms with Crippen LogP contribution in [-0.2, 0) is 0 Å². The molecule has 0 aromatic heterocycles. The lowest BCUT2D eigenvalue weighted by atomic mass is 9.98. The van der Waals surface area contributed by atoms with Gasteiger partial charge < -0.3 is 10.8 Å². The summed E-state index contributed by atoms with van der Waals surface area (Å²) in [6.45, 7) is 2.34. The van der Waals surface area contributed by atoms with Gasteiger partial charge in [-0.3, -0.25) is 0 Å². The molecule has 0 aromatic carbocycles. The fourth-order valence-electron chi connectivity index (χ4n) is 1.70. The molecule has 0 aromatic rings. The molecule has 0 saturated heterocycles. The summed E-state index contributed by atoms with van der Waals surface area (Å²) in [5.41, 5.74) is 8.51. The van der Waals surface area contributed by atoms with Crippen molar-refractivity contribution in [3.05, 3.63) is 23.3 Å². The summed E-state index contributed by atoms with van der Waals surface area (Å²) >= 11 is 0. The molecule has 1 rings (SSSR count). The van der Waals surface area contributed by atoms with Crippen molar-refractivity contribution in [2.45, 2.75) is 45.1 Å². The zero-order chi connectivity index (χ0) is 10.4. The zero-order valence-electron chi connectivity index (χ0n) is 9.00. The third-order valence-electron chi connectivity index (χ3n) is 2.78. The van der Waals surface area contributed by atoms with Crippen LogP contribution in [-0.4, -0.2) is 17.8 Å². The molecule has 0 bridgehead atoms. The van der Waals surface area contributed by atoms with Crippen molar-refractivity contribution in [3.63, 3.8) is 0 Å². The van der Waals surface area contributed by atoms with Gasteiger partial charge >= 0.3 is 0 Å². The van der Waals surface area contributed by atoms with E-state index in [9.17, 15) is 0 Å². The maximum atomic E-state index is 9.09. The second-order valence-corrected chi connectivity index (χ2v) is 4.14. The van der Waals surface area contributed by atoms with E-state index >= 15 is 0 Å². The van der Waals surface area contributed by atoms with Crippen molar-refractivity contribution in [3.8, 4) is 0 Å². The first kappa shape index (κ1) is 11.5. The van der Waals surface area contributed by atoms with E-state index in [0.717, 1.165) is 37.7 Å². The van der Waals surface area contributed by atoms with Crippen molar-refractivity contribution in [2.24, 2.45) is 5.73 Å². The number of hydrogen-bond acceptors (Lipinski definition) is 2. The third kappa shape index (κ3) is 4.07. The van der Waals surface area contributed by atoms with Gasteiger partial charge in [0.05, 0.1) is 6.61 Å². The highest BCUT2D eigenvalue weighted by molar-refractivity contribution is 5.08. The average molecular weight is 195 g/mol. The smallest absolute Gasteiger partial charge is 0.0641 e. The fourth-order valence-corrected chi connectivity index (χ4v) is 1.70. The summed E-state index contributed by atoms with van der Waals surface area (Å²) in [7, 11) is 0. The summed E-state index contributed by atoms with van der Waals surface area (Å²) in [5.74, 6) is 0. The van der Waals surface area contributed by atoms with E-state index in [1.165, 1.54) is 5.57 Å². The molecular weight excluding hydrogens is 174 g/mol. The molecule has 1 atom stereocenters.